The van der Waals surface area contributed by atoms with Crippen molar-refractivity contribution in [3.05, 3.63) is 29.3 Å². The number of carboxylic acids is 1. The highest BCUT2D eigenvalue weighted by atomic mass is 16.4. The fourth-order valence-corrected chi connectivity index (χ4v) is 3.42. The van der Waals surface area contributed by atoms with E-state index in [-0.39, 0.29) is 5.54 Å². The lowest BCUT2D eigenvalue weighted by Crippen LogP contribution is -2.55. The number of aliphatic carboxylic acids is 1. The highest BCUT2D eigenvalue weighted by Gasteiger charge is 2.40. The van der Waals surface area contributed by atoms with E-state index in [1.807, 2.05) is 0 Å². The van der Waals surface area contributed by atoms with Gasteiger partial charge in [-0.1, -0.05) is 24.6 Å². The second-order valence-electron chi connectivity index (χ2n) is 6.36. The standard InChI is InChI=1S/C16H23NO2/c1-10-6-7-14-13(8-10)11(2)9-16(4,5)17(14)12(3)15(18)19/h6-8,11-12H,9H2,1-5H3,(H,18,19)/t11-,12+/m0/s1. The van der Waals surface area contributed by atoms with Crippen LogP contribution >= 0.6 is 0 Å². The molecule has 0 unspecified atom stereocenters. The molecule has 104 valence electrons. The lowest BCUT2D eigenvalue weighted by molar-refractivity contribution is -0.138. The third-order valence-corrected chi connectivity index (χ3v) is 4.18. The van der Waals surface area contributed by atoms with E-state index in [9.17, 15) is 9.90 Å². The van der Waals surface area contributed by atoms with Crippen molar-refractivity contribution in [2.45, 2.75) is 58.5 Å². The first-order valence-electron chi connectivity index (χ1n) is 6.87. The van der Waals surface area contributed by atoms with Crippen molar-refractivity contribution in [2.24, 2.45) is 0 Å². The van der Waals surface area contributed by atoms with E-state index in [0.717, 1.165) is 12.1 Å². The minimum atomic E-state index is -0.769. The van der Waals surface area contributed by atoms with Gasteiger partial charge in [-0.15, -0.1) is 0 Å². The highest BCUT2D eigenvalue weighted by molar-refractivity contribution is 5.79. The van der Waals surface area contributed by atoms with Gasteiger partial charge < -0.3 is 10.0 Å². The first-order chi connectivity index (χ1) is 8.74. The number of fused-ring (bicyclic) bond motifs is 1. The number of carboxylic acid groups (broad SMARTS) is 1. The van der Waals surface area contributed by atoms with Crippen LogP contribution in [0, 0.1) is 6.92 Å². The summed E-state index contributed by atoms with van der Waals surface area (Å²) in [5, 5.41) is 9.37. The summed E-state index contributed by atoms with van der Waals surface area (Å²) < 4.78 is 0. The summed E-state index contributed by atoms with van der Waals surface area (Å²) in [5.41, 5.74) is 3.43. The van der Waals surface area contributed by atoms with Gasteiger partial charge >= 0.3 is 5.97 Å². The van der Waals surface area contributed by atoms with Crippen molar-refractivity contribution in [1.29, 1.82) is 0 Å². The molecule has 1 aliphatic rings. The molecule has 3 nitrogen and oxygen atoms in total. The Kier molecular flexibility index (Phi) is 3.33. The van der Waals surface area contributed by atoms with Crippen LogP contribution in [0.4, 0.5) is 5.69 Å². The molecule has 19 heavy (non-hydrogen) atoms. The minimum absolute atomic E-state index is 0.139. The van der Waals surface area contributed by atoms with Gasteiger partial charge in [0.1, 0.15) is 6.04 Å². The van der Waals surface area contributed by atoms with Gasteiger partial charge in [-0.25, -0.2) is 4.79 Å². The number of carbonyl (C=O) groups is 1. The molecule has 0 fully saturated rings. The molecule has 0 amide bonds. The zero-order valence-electron chi connectivity index (χ0n) is 12.4. The molecule has 2 atom stereocenters. The van der Waals surface area contributed by atoms with Crippen molar-refractivity contribution in [3.63, 3.8) is 0 Å². The lowest BCUT2D eigenvalue weighted by Gasteiger charge is -2.49. The van der Waals surface area contributed by atoms with Crippen LogP contribution in [0.3, 0.4) is 0 Å². The number of aryl methyl sites for hydroxylation is 1. The topological polar surface area (TPSA) is 40.5 Å². The first kappa shape index (κ1) is 13.9. The van der Waals surface area contributed by atoms with Crippen LogP contribution in [-0.4, -0.2) is 22.7 Å². The van der Waals surface area contributed by atoms with Crippen LogP contribution in [0.25, 0.3) is 0 Å². The molecule has 3 heteroatoms. The average molecular weight is 261 g/mol. The Labute approximate surface area is 115 Å². The monoisotopic (exact) mass is 261 g/mol. The minimum Gasteiger partial charge on any atom is -0.480 e. The maximum Gasteiger partial charge on any atom is 0.326 e. The molecular formula is C16H23NO2. The molecule has 0 saturated heterocycles. The Balaban J connectivity index is 2.58. The fraction of sp³-hybridized carbons (Fsp3) is 0.562. The van der Waals surface area contributed by atoms with Crippen molar-refractivity contribution in [3.8, 4) is 0 Å². The maximum absolute atomic E-state index is 11.4. The predicted molar refractivity (Wildman–Crippen MR) is 77.9 cm³/mol. The quantitative estimate of drug-likeness (QED) is 0.885. The lowest BCUT2D eigenvalue weighted by atomic mass is 9.79. The fourth-order valence-electron chi connectivity index (χ4n) is 3.42. The molecule has 1 aromatic rings. The number of hydrogen-bond acceptors (Lipinski definition) is 2. The van der Waals surface area contributed by atoms with Crippen LogP contribution < -0.4 is 4.90 Å². The third-order valence-electron chi connectivity index (χ3n) is 4.18. The van der Waals surface area contributed by atoms with E-state index in [1.54, 1.807) is 6.92 Å². The summed E-state index contributed by atoms with van der Waals surface area (Å²) in [6, 6.07) is 5.82. The molecule has 0 saturated carbocycles. The summed E-state index contributed by atoms with van der Waals surface area (Å²) in [7, 11) is 0. The molecule has 0 bridgehead atoms. The molecule has 1 heterocycles. The normalized spacial score (nSPS) is 22.8. The molecule has 0 aromatic heterocycles. The van der Waals surface area contributed by atoms with Gasteiger partial charge in [-0.2, -0.15) is 0 Å². The molecule has 2 rings (SSSR count). The third kappa shape index (κ3) is 2.34. The molecule has 1 aromatic carbocycles. The van der Waals surface area contributed by atoms with E-state index in [2.05, 4.69) is 50.8 Å². The summed E-state index contributed by atoms with van der Waals surface area (Å²) in [4.78, 5) is 13.5. The van der Waals surface area contributed by atoms with Gasteiger partial charge in [0.05, 0.1) is 0 Å². The van der Waals surface area contributed by atoms with Crippen molar-refractivity contribution in [1.82, 2.24) is 0 Å². The Morgan fingerprint density at radius 2 is 2.11 bits per heavy atom. The summed E-state index contributed by atoms with van der Waals surface area (Å²) in [6.07, 6.45) is 0.973. The van der Waals surface area contributed by atoms with Crippen molar-refractivity contribution in [2.75, 3.05) is 4.90 Å². The Morgan fingerprint density at radius 1 is 1.47 bits per heavy atom. The van der Waals surface area contributed by atoms with Crippen molar-refractivity contribution >= 4 is 11.7 Å². The van der Waals surface area contributed by atoms with Crippen LogP contribution in [0.2, 0.25) is 0 Å². The Morgan fingerprint density at radius 3 is 2.68 bits per heavy atom. The number of rotatable bonds is 2. The first-order valence-corrected chi connectivity index (χ1v) is 6.87. The molecule has 1 N–H and O–H groups in total. The van der Waals surface area contributed by atoms with Crippen LogP contribution in [0.5, 0.6) is 0 Å². The summed E-state index contributed by atoms with van der Waals surface area (Å²) >= 11 is 0. The number of nitrogens with zero attached hydrogens (tertiary/aromatic N) is 1. The number of anilines is 1. The smallest absolute Gasteiger partial charge is 0.326 e. The predicted octanol–water partition coefficient (Wildman–Crippen LogP) is 3.56. The Hall–Kier alpha value is -1.51. The van der Waals surface area contributed by atoms with Gasteiger partial charge in [0.25, 0.3) is 0 Å². The molecule has 0 radical (unpaired) electrons. The number of benzene rings is 1. The van der Waals surface area contributed by atoms with Gasteiger partial charge in [0.2, 0.25) is 0 Å². The zero-order chi connectivity index (χ0) is 14.4. The van der Waals surface area contributed by atoms with Crippen LogP contribution in [0.1, 0.15) is 51.2 Å². The van der Waals surface area contributed by atoms with Gasteiger partial charge in [0.15, 0.2) is 0 Å². The van der Waals surface area contributed by atoms with E-state index >= 15 is 0 Å². The maximum atomic E-state index is 11.4. The van der Waals surface area contributed by atoms with E-state index in [0.29, 0.717) is 5.92 Å². The molecule has 1 aliphatic heterocycles. The summed E-state index contributed by atoms with van der Waals surface area (Å²) in [5.74, 6) is -0.309. The largest absolute Gasteiger partial charge is 0.480 e. The Bertz CT molecular complexity index is 507. The van der Waals surface area contributed by atoms with Gasteiger partial charge in [-0.3, -0.25) is 0 Å². The molecular weight excluding hydrogens is 238 g/mol. The SMILES string of the molecule is Cc1ccc2c(c1)[C@@H](C)CC(C)(C)N2[C@H](C)C(=O)O. The second-order valence-corrected chi connectivity index (χ2v) is 6.36. The average Bonchev–Trinajstić information content (AvgIpc) is 2.28. The second kappa shape index (κ2) is 4.55. The van der Waals surface area contributed by atoms with E-state index < -0.39 is 12.0 Å². The van der Waals surface area contributed by atoms with E-state index in [4.69, 9.17) is 0 Å². The van der Waals surface area contributed by atoms with E-state index in [1.165, 1.54) is 11.1 Å². The number of hydrogen-bond donors (Lipinski definition) is 1. The highest BCUT2D eigenvalue weighted by Crippen LogP contribution is 2.44. The van der Waals surface area contributed by atoms with Crippen LogP contribution in [-0.2, 0) is 4.79 Å². The molecule has 0 spiro atoms. The van der Waals surface area contributed by atoms with Crippen LogP contribution in [0.15, 0.2) is 18.2 Å². The molecule has 0 aliphatic carbocycles. The summed E-state index contributed by atoms with van der Waals surface area (Å²) in [6.45, 7) is 10.3. The van der Waals surface area contributed by atoms with Crippen molar-refractivity contribution < 1.29 is 9.90 Å². The van der Waals surface area contributed by atoms with Gasteiger partial charge in [-0.05, 0) is 51.7 Å². The van der Waals surface area contributed by atoms with Gasteiger partial charge in [0, 0.05) is 11.2 Å². The zero-order valence-corrected chi connectivity index (χ0v) is 12.4.